The Labute approximate surface area is 123 Å². The second-order valence-electron chi connectivity index (χ2n) is 4.84. The van der Waals surface area contributed by atoms with Crippen LogP contribution in [0.1, 0.15) is 30.4 Å². The lowest BCUT2D eigenvalue weighted by Crippen LogP contribution is -2.21. The van der Waals surface area contributed by atoms with Gasteiger partial charge in [-0.25, -0.2) is 0 Å². The quantitative estimate of drug-likeness (QED) is 0.886. The minimum absolute atomic E-state index is 0.102. The molecule has 20 heavy (non-hydrogen) atoms. The Morgan fingerprint density at radius 3 is 2.85 bits per heavy atom. The molecule has 0 spiro atoms. The van der Waals surface area contributed by atoms with Crippen LogP contribution in [0.25, 0.3) is 0 Å². The van der Waals surface area contributed by atoms with Gasteiger partial charge in [0, 0.05) is 17.1 Å². The molecule has 0 aliphatic rings. The number of hydrogen-bond donors (Lipinski definition) is 1. The minimum atomic E-state index is 0.102. The summed E-state index contributed by atoms with van der Waals surface area (Å²) in [5.74, 6) is 1.56. The molecule has 1 unspecified atom stereocenters. The highest BCUT2D eigenvalue weighted by molar-refractivity contribution is 6.30. The molecular formula is C15H19ClN2O2. The van der Waals surface area contributed by atoms with Crippen LogP contribution in [0.5, 0.6) is 5.75 Å². The van der Waals surface area contributed by atoms with E-state index in [0.29, 0.717) is 11.6 Å². The lowest BCUT2D eigenvalue weighted by molar-refractivity contribution is 0.284. The van der Waals surface area contributed by atoms with Crippen molar-refractivity contribution in [1.29, 1.82) is 0 Å². The van der Waals surface area contributed by atoms with Crippen molar-refractivity contribution < 1.29 is 9.26 Å². The van der Waals surface area contributed by atoms with Crippen LogP contribution < -0.4 is 10.5 Å². The third kappa shape index (κ3) is 3.99. The minimum Gasteiger partial charge on any atom is -0.487 e. The molecule has 4 nitrogen and oxygen atoms in total. The SMILES string of the molecule is CCC(N)Cc1cc(Cl)ccc1OCc1cc(C)on1. The van der Waals surface area contributed by atoms with E-state index in [4.69, 9.17) is 26.6 Å². The summed E-state index contributed by atoms with van der Waals surface area (Å²) in [7, 11) is 0. The summed E-state index contributed by atoms with van der Waals surface area (Å²) >= 11 is 6.04. The van der Waals surface area contributed by atoms with Crippen LogP contribution >= 0.6 is 11.6 Å². The molecule has 1 aromatic heterocycles. The van der Waals surface area contributed by atoms with Crippen molar-refractivity contribution in [2.45, 2.75) is 39.3 Å². The Morgan fingerprint density at radius 1 is 1.40 bits per heavy atom. The highest BCUT2D eigenvalue weighted by Crippen LogP contribution is 2.25. The van der Waals surface area contributed by atoms with Crippen LogP contribution in [0.15, 0.2) is 28.8 Å². The van der Waals surface area contributed by atoms with Crippen molar-refractivity contribution in [2.24, 2.45) is 5.73 Å². The maximum absolute atomic E-state index is 6.04. The van der Waals surface area contributed by atoms with E-state index in [2.05, 4.69) is 12.1 Å². The summed E-state index contributed by atoms with van der Waals surface area (Å²) in [4.78, 5) is 0. The largest absolute Gasteiger partial charge is 0.487 e. The van der Waals surface area contributed by atoms with E-state index >= 15 is 0 Å². The molecule has 1 atom stereocenters. The number of ether oxygens (including phenoxy) is 1. The molecule has 0 amide bonds. The van der Waals surface area contributed by atoms with Crippen molar-refractivity contribution in [1.82, 2.24) is 5.16 Å². The first-order valence-corrected chi connectivity index (χ1v) is 7.05. The first kappa shape index (κ1) is 14.9. The molecular weight excluding hydrogens is 276 g/mol. The Balaban J connectivity index is 2.09. The standard InChI is InChI=1S/C15H19ClN2O2/c1-3-13(17)8-11-7-12(16)4-5-15(11)19-9-14-6-10(2)20-18-14/h4-7,13H,3,8-9,17H2,1-2H3. The smallest absolute Gasteiger partial charge is 0.134 e. The molecule has 1 heterocycles. The van der Waals surface area contributed by atoms with E-state index in [1.54, 1.807) is 0 Å². The second kappa shape index (κ2) is 6.77. The van der Waals surface area contributed by atoms with Gasteiger partial charge in [0.1, 0.15) is 23.8 Å². The number of nitrogens with zero attached hydrogens (tertiary/aromatic N) is 1. The Kier molecular flexibility index (Phi) is 5.04. The van der Waals surface area contributed by atoms with E-state index in [9.17, 15) is 0 Å². The first-order chi connectivity index (χ1) is 9.58. The van der Waals surface area contributed by atoms with Gasteiger partial charge >= 0.3 is 0 Å². The van der Waals surface area contributed by atoms with Gasteiger partial charge in [0.2, 0.25) is 0 Å². The van der Waals surface area contributed by atoms with E-state index in [-0.39, 0.29) is 6.04 Å². The molecule has 2 rings (SSSR count). The fourth-order valence-corrected chi connectivity index (χ4v) is 2.11. The number of rotatable bonds is 6. The van der Waals surface area contributed by atoms with E-state index in [1.807, 2.05) is 31.2 Å². The molecule has 0 fully saturated rings. The van der Waals surface area contributed by atoms with Crippen molar-refractivity contribution in [3.05, 3.63) is 46.3 Å². The summed E-state index contributed by atoms with van der Waals surface area (Å²) in [5.41, 5.74) is 7.80. The van der Waals surface area contributed by atoms with Crippen LogP contribution in [0, 0.1) is 6.92 Å². The third-order valence-corrected chi connectivity index (χ3v) is 3.32. The van der Waals surface area contributed by atoms with Gasteiger partial charge in [0.05, 0.1) is 0 Å². The Bertz CT molecular complexity index is 569. The monoisotopic (exact) mass is 294 g/mol. The molecule has 0 aliphatic carbocycles. The Morgan fingerprint density at radius 2 is 2.20 bits per heavy atom. The lowest BCUT2D eigenvalue weighted by atomic mass is 10.0. The molecule has 2 N–H and O–H groups in total. The van der Waals surface area contributed by atoms with Gasteiger partial charge < -0.3 is 15.0 Å². The summed E-state index contributed by atoms with van der Waals surface area (Å²) < 4.78 is 10.8. The number of hydrogen-bond acceptors (Lipinski definition) is 4. The van der Waals surface area contributed by atoms with Gasteiger partial charge in [-0.15, -0.1) is 0 Å². The maximum atomic E-state index is 6.04. The highest BCUT2D eigenvalue weighted by Gasteiger charge is 2.10. The van der Waals surface area contributed by atoms with Crippen molar-refractivity contribution in [3.8, 4) is 5.75 Å². The van der Waals surface area contributed by atoms with E-state index in [0.717, 1.165) is 35.6 Å². The van der Waals surface area contributed by atoms with Crippen LogP contribution in [0.2, 0.25) is 5.02 Å². The average Bonchev–Trinajstić information content (AvgIpc) is 2.83. The fraction of sp³-hybridized carbons (Fsp3) is 0.400. The zero-order valence-corrected chi connectivity index (χ0v) is 12.5. The molecule has 0 saturated carbocycles. The summed E-state index contributed by atoms with van der Waals surface area (Å²) in [6.07, 6.45) is 1.65. The summed E-state index contributed by atoms with van der Waals surface area (Å²) in [5, 5.41) is 4.59. The molecule has 0 radical (unpaired) electrons. The van der Waals surface area contributed by atoms with Gasteiger partial charge in [0.15, 0.2) is 0 Å². The Hall–Kier alpha value is -1.52. The number of halogens is 1. The van der Waals surface area contributed by atoms with Crippen molar-refractivity contribution >= 4 is 11.6 Å². The zero-order valence-electron chi connectivity index (χ0n) is 11.7. The molecule has 0 saturated heterocycles. The number of nitrogens with two attached hydrogens (primary N) is 1. The van der Waals surface area contributed by atoms with Gasteiger partial charge in [-0.3, -0.25) is 0 Å². The number of benzene rings is 1. The van der Waals surface area contributed by atoms with Crippen LogP contribution in [-0.4, -0.2) is 11.2 Å². The lowest BCUT2D eigenvalue weighted by Gasteiger charge is -2.14. The molecule has 0 bridgehead atoms. The predicted octanol–water partition coefficient (Wildman–Crippen LogP) is 3.50. The predicted molar refractivity (Wildman–Crippen MR) is 79.0 cm³/mol. The van der Waals surface area contributed by atoms with Crippen molar-refractivity contribution in [2.75, 3.05) is 0 Å². The molecule has 5 heteroatoms. The van der Waals surface area contributed by atoms with Gasteiger partial charge in [-0.05, 0) is 43.5 Å². The maximum Gasteiger partial charge on any atom is 0.134 e. The summed E-state index contributed by atoms with van der Waals surface area (Å²) in [6.45, 7) is 4.28. The fourth-order valence-electron chi connectivity index (χ4n) is 1.91. The second-order valence-corrected chi connectivity index (χ2v) is 5.28. The highest BCUT2D eigenvalue weighted by atomic mass is 35.5. The summed E-state index contributed by atoms with van der Waals surface area (Å²) in [6, 6.07) is 7.54. The number of aromatic nitrogens is 1. The molecule has 2 aromatic rings. The van der Waals surface area contributed by atoms with Gasteiger partial charge in [-0.2, -0.15) is 0 Å². The van der Waals surface area contributed by atoms with E-state index in [1.165, 1.54) is 0 Å². The van der Waals surface area contributed by atoms with E-state index < -0.39 is 0 Å². The van der Waals surface area contributed by atoms with Crippen molar-refractivity contribution in [3.63, 3.8) is 0 Å². The zero-order chi connectivity index (χ0) is 14.5. The van der Waals surface area contributed by atoms with Crippen LogP contribution in [0.4, 0.5) is 0 Å². The molecule has 0 aliphatic heterocycles. The normalized spacial score (nSPS) is 12.4. The first-order valence-electron chi connectivity index (χ1n) is 6.67. The topological polar surface area (TPSA) is 61.3 Å². The molecule has 1 aromatic carbocycles. The van der Waals surface area contributed by atoms with Gasteiger partial charge in [-0.1, -0.05) is 23.7 Å². The van der Waals surface area contributed by atoms with Crippen LogP contribution in [0.3, 0.4) is 0 Å². The third-order valence-electron chi connectivity index (χ3n) is 3.08. The van der Waals surface area contributed by atoms with Gasteiger partial charge in [0.25, 0.3) is 0 Å². The average molecular weight is 295 g/mol. The molecule has 108 valence electrons. The number of aryl methyl sites for hydroxylation is 1. The van der Waals surface area contributed by atoms with Crippen LogP contribution in [-0.2, 0) is 13.0 Å².